The molecule has 0 aromatic rings. The number of carboxylic acids is 1. The first-order chi connectivity index (χ1) is 12.0. The summed E-state index contributed by atoms with van der Waals surface area (Å²) in [5, 5.41) is 8.35. The van der Waals surface area contributed by atoms with Crippen LogP contribution in [0.2, 0.25) is 0 Å². The van der Waals surface area contributed by atoms with Gasteiger partial charge in [-0.1, -0.05) is 26.8 Å². The quantitative estimate of drug-likeness (QED) is 0.237. The fourth-order valence-corrected chi connectivity index (χ4v) is 1.64. The van der Waals surface area contributed by atoms with Crippen LogP contribution in [0.15, 0.2) is 12.3 Å². The summed E-state index contributed by atoms with van der Waals surface area (Å²) in [6.07, 6.45) is 1.66. The average Bonchev–Trinajstić information content (AvgIpc) is 2.55. The number of ether oxygens (including phenoxy) is 5. The van der Waals surface area contributed by atoms with Crippen LogP contribution in [-0.4, -0.2) is 69.9 Å². The van der Waals surface area contributed by atoms with Crippen molar-refractivity contribution >= 4 is 11.9 Å². The molecule has 0 heterocycles. The van der Waals surface area contributed by atoms with Gasteiger partial charge in [0.25, 0.3) is 0 Å². The predicted octanol–water partition coefficient (Wildman–Crippen LogP) is 1.63. The van der Waals surface area contributed by atoms with Gasteiger partial charge in [0, 0.05) is 6.42 Å². The molecule has 0 radical (unpaired) electrons. The van der Waals surface area contributed by atoms with Gasteiger partial charge in [-0.3, -0.25) is 0 Å². The van der Waals surface area contributed by atoms with Crippen molar-refractivity contribution in [2.45, 2.75) is 26.7 Å². The van der Waals surface area contributed by atoms with Crippen molar-refractivity contribution in [2.75, 3.05) is 52.9 Å². The summed E-state index contributed by atoms with van der Waals surface area (Å²) in [5.74, 6) is -0.575. The van der Waals surface area contributed by atoms with Gasteiger partial charge in [0.05, 0.1) is 39.6 Å². The van der Waals surface area contributed by atoms with E-state index in [-0.39, 0.29) is 26.4 Å². The Labute approximate surface area is 149 Å². The molecule has 0 aromatic heterocycles. The first kappa shape index (κ1) is 23.5. The van der Waals surface area contributed by atoms with Crippen LogP contribution in [0.4, 0.5) is 0 Å². The number of hydrogen-bond donors (Lipinski definition) is 1. The second kappa shape index (κ2) is 16.0. The SMILES string of the molecule is C=C(CC(C)CC)OC(=O)COCCOCCOCCOCC(=O)O. The number of carbonyl (C=O) groups excluding carboxylic acids is 1. The van der Waals surface area contributed by atoms with Crippen LogP contribution in [0.5, 0.6) is 0 Å². The highest BCUT2D eigenvalue weighted by Crippen LogP contribution is 2.13. The van der Waals surface area contributed by atoms with E-state index in [0.717, 1.165) is 6.42 Å². The molecule has 0 fully saturated rings. The molecule has 1 unspecified atom stereocenters. The third-order valence-corrected chi connectivity index (χ3v) is 3.09. The minimum atomic E-state index is -1.01. The number of carboxylic acid groups (broad SMARTS) is 1. The highest BCUT2D eigenvalue weighted by Gasteiger charge is 2.08. The van der Waals surface area contributed by atoms with Gasteiger partial charge in [0.15, 0.2) is 0 Å². The molecule has 0 aromatic carbocycles. The summed E-state index contributed by atoms with van der Waals surface area (Å²) in [5.41, 5.74) is 0. The Hall–Kier alpha value is -1.48. The summed E-state index contributed by atoms with van der Waals surface area (Å²) in [7, 11) is 0. The van der Waals surface area contributed by atoms with Crippen molar-refractivity contribution < 1.29 is 38.4 Å². The van der Waals surface area contributed by atoms with Crippen molar-refractivity contribution in [3.63, 3.8) is 0 Å². The van der Waals surface area contributed by atoms with E-state index in [1.807, 2.05) is 0 Å². The summed E-state index contributed by atoms with van der Waals surface area (Å²) in [6, 6.07) is 0. The Morgan fingerprint density at radius 2 is 1.40 bits per heavy atom. The standard InChI is InChI=1S/C17H30O8/c1-4-14(2)11-15(3)25-17(20)13-24-10-8-22-6-5-21-7-9-23-12-16(18)19/h14H,3-13H2,1-2H3,(H,18,19). The summed E-state index contributed by atoms with van der Waals surface area (Å²) >= 11 is 0. The number of carbonyl (C=O) groups is 2. The number of aliphatic carboxylic acids is 1. The zero-order chi connectivity index (χ0) is 18.9. The highest BCUT2D eigenvalue weighted by atomic mass is 16.6. The molecule has 0 aliphatic heterocycles. The van der Waals surface area contributed by atoms with Crippen LogP contribution in [-0.2, 0) is 33.3 Å². The molecule has 1 N–H and O–H groups in total. The minimum Gasteiger partial charge on any atom is -0.480 e. The van der Waals surface area contributed by atoms with Gasteiger partial charge >= 0.3 is 11.9 Å². The molecule has 25 heavy (non-hydrogen) atoms. The molecule has 0 spiro atoms. The van der Waals surface area contributed by atoms with Crippen LogP contribution in [0.1, 0.15) is 26.7 Å². The molecule has 0 bridgehead atoms. The van der Waals surface area contributed by atoms with Gasteiger partial charge in [-0.15, -0.1) is 0 Å². The summed E-state index contributed by atoms with van der Waals surface area (Å²) < 4.78 is 25.4. The van der Waals surface area contributed by atoms with E-state index in [4.69, 9.17) is 28.8 Å². The smallest absolute Gasteiger partial charge is 0.337 e. The van der Waals surface area contributed by atoms with Crippen LogP contribution >= 0.6 is 0 Å². The van der Waals surface area contributed by atoms with Crippen LogP contribution in [0, 0.1) is 5.92 Å². The van der Waals surface area contributed by atoms with Crippen LogP contribution in [0.25, 0.3) is 0 Å². The molecule has 8 nitrogen and oxygen atoms in total. The van der Waals surface area contributed by atoms with Gasteiger partial charge < -0.3 is 28.8 Å². The molecule has 0 aliphatic rings. The third-order valence-electron chi connectivity index (χ3n) is 3.09. The predicted molar refractivity (Wildman–Crippen MR) is 90.2 cm³/mol. The lowest BCUT2D eigenvalue weighted by molar-refractivity contribution is -0.146. The maximum absolute atomic E-state index is 11.5. The first-order valence-electron chi connectivity index (χ1n) is 8.36. The molecular weight excluding hydrogens is 332 g/mol. The maximum Gasteiger partial charge on any atom is 0.337 e. The lowest BCUT2D eigenvalue weighted by Crippen LogP contribution is -2.16. The fourth-order valence-electron chi connectivity index (χ4n) is 1.64. The molecule has 0 saturated heterocycles. The first-order valence-corrected chi connectivity index (χ1v) is 8.36. The topological polar surface area (TPSA) is 101 Å². The molecule has 0 aliphatic carbocycles. The molecule has 0 saturated carbocycles. The molecular formula is C17H30O8. The Morgan fingerprint density at radius 3 is 1.88 bits per heavy atom. The van der Waals surface area contributed by atoms with E-state index >= 15 is 0 Å². The Balaban J connectivity index is 3.33. The minimum absolute atomic E-state index is 0.139. The van der Waals surface area contributed by atoms with E-state index in [0.29, 0.717) is 44.5 Å². The average molecular weight is 362 g/mol. The van der Waals surface area contributed by atoms with Gasteiger partial charge in [-0.2, -0.15) is 0 Å². The fraction of sp³-hybridized carbons (Fsp3) is 0.765. The Bertz CT molecular complexity index is 383. The summed E-state index contributed by atoms with van der Waals surface area (Å²) in [6.45, 7) is 9.27. The molecule has 0 amide bonds. The third kappa shape index (κ3) is 17.1. The number of hydrogen-bond acceptors (Lipinski definition) is 7. The molecule has 0 rings (SSSR count). The summed E-state index contributed by atoms with van der Waals surface area (Å²) in [4.78, 5) is 21.7. The van der Waals surface area contributed by atoms with Gasteiger partial charge in [-0.05, 0) is 5.92 Å². The van der Waals surface area contributed by atoms with Crippen LogP contribution < -0.4 is 0 Å². The monoisotopic (exact) mass is 362 g/mol. The van der Waals surface area contributed by atoms with E-state index < -0.39 is 11.9 Å². The van der Waals surface area contributed by atoms with E-state index in [1.165, 1.54) is 0 Å². The largest absolute Gasteiger partial charge is 0.480 e. The Kier molecular flexibility index (Phi) is 15.1. The van der Waals surface area contributed by atoms with Crippen molar-refractivity contribution in [3.05, 3.63) is 12.3 Å². The van der Waals surface area contributed by atoms with E-state index in [2.05, 4.69) is 20.4 Å². The zero-order valence-corrected chi connectivity index (χ0v) is 15.2. The van der Waals surface area contributed by atoms with Gasteiger partial charge in [0.2, 0.25) is 0 Å². The van der Waals surface area contributed by atoms with E-state index in [1.54, 1.807) is 0 Å². The van der Waals surface area contributed by atoms with Crippen molar-refractivity contribution in [2.24, 2.45) is 5.92 Å². The molecule has 1 atom stereocenters. The Morgan fingerprint density at radius 1 is 0.920 bits per heavy atom. The number of esters is 1. The lowest BCUT2D eigenvalue weighted by Gasteiger charge is -2.11. The zero-order valence-electron chi connectivity index (χ0n) is 15.2. The van der Waals surface area contributed by atoms with Crippen molar-refractivity contribution in [3.8, 4) is 0 Å². The number of rotatable bonds is 17. The van der Waals surface area contributed by atoms with Crippen LogP contribution in [0.3, 0.4) is 0 Å². The lowest BCUT2D eigenvalue weighted by atomic mass is 10.0. The maximum atomic E-state index is 11.5. The second-order valence-corrected chi connectivity index (χ2v) is 5.45. The second-order valence-electron chi connectivity index (χ2n) is 5.45. The van der Waals surface area contributed by atoms with Crippen molar-refractivity contribution in [1.29, 1.82) is 0 Å². The number of allylic oxidation sites excluding steroid dienone is 1. The highest BCUT2D eigenvalue weighted by molar-refractivity contribution is 5.71. The van der Waals surface area contributed by atoms with Gasteiger partial charge in [0.1, 0.15) is 19.0 Å². The normalized spacial score (nSPS) is 11.9. The van der Waals surface area contributed by atoms with E-state index in [9.17, 15) is 9.59 Å². The van der Waals surface area contributed by atoms with Crippen molar-refractivity contribution in [1.82, 2.24) is 0 Å². The molecule has 146 valence electrons. The molecule has 8 heteroatoms. The van der Waals surface area contributed by atoms with Gasteiger partial charge in [-0.25, -0.2) is 9.59 Å².